The lowest BCUT2D eigenvalue weighted by atomic mass is 9.99. The molecule has 1 aliphatic heterocycles. The van der Waals surface area contributed by atoms with Crippen molar-refractivity contribution in [2.45, 2.75) is 31.7 Å². The van der Waals surface area contributed by atoms with Crippen LogP contribution in [0.15, 0.2) is 18.2 Å². The van der Waals surface area contributed by atoms with Gasteiger partial charge in [-0.1, -0.05) is 6.07 Å². The zero-order chi connectivity index (χ0) is 14.9. The number of likely N-dealkylation sites (tertiary alicyclic amines) is 1. The molecule has 1 heterocycles. The molecule has 0 saturated carbocycles. The summed E-state index contributed by atoms with van der Waals surface area (Å²) in [6, 6.07) is 2.46. The van der Waals surface area contributed by atoms with Crippen molar-refractivity contribution in [3.63, 3.8) is 0 Å². The summed E-state index contributed by atoms with van der Waals surface area (Å²) in [7, 11) is 0. The molecule has 0 spiro atoms. The van der Waals surface area contributed by atoms with Gasteiger partial charge in [-0.25, -0.2) is 13.6 Å². The number of halogens is 2. The van der Waals surface area contributed by atoms with Crippen molar-refractivity contribution in [2.24, 2.45) is 0 Å². The number of nitrogens with zero attached hydrogens (tertiary/aromatic N) is 1. The van der Waals surface area contributed by atoms with E-state index in [-0.39, 0.29) is 5.91 Å². The van der Waals surface area contributed by atoms with E-state index in [4.69, 9.17) is 5.11 Å². The fourth-order valence-corrected chi connectivity index (χ4v) is 2.46. The molecule has 108 valence electrons. The summed E-state index contributed by atoms with van der Waals surface area (Å²) in [5.41, 5.74) is 0.338. The lowest BCUT2D eigenvalue weighted by Crippen LogP contribution is -2.42. The molecule has 0 aromatic heterocycles. The number of hydrogen-bond donors (Lipinski definition) is 1. The average molecular weight is 283 g/mol. The molecule has 2 rings (SSSR count). The second-order valence-corrected chi connectivity index (χ2v) is 4.92. The Hall–Kier alpha value is -1.98. The third kappa shape index (κ3) is 2.64. The second-order valence-electron chi connectivity index (χ2n) is 4.92. The second kappa shape index (κ2) is 5.56. The number of rotatable bonds is 3. The molecular weight excluding hydrogens is 268 g/mol. The third-order valence-electron chi connectivity index (χ3n) is 3.64. The number of carbonyl (C=O) groups excluding carboxylic acids is 1. The van der Waals surface area contributed by atoms with Crippen LogP contribution >= 0.6 is 0 Å². The minimum Gasteiger partial charge on any atom is -0.480 e. The van der Waals surface area contributed by atoms with E-state index in [9.17, 15) is 18.4 Å². The van der Waals surface area contributed by atoms with Crippen molar-refractivity contribution in [1.82, 2.24) is 4.90 Å². The smallest absolute Gasteiger partial charge is 0.326 e. The first-order valence-electron chi connectivity index (χ1n) is 6.40. The van der Waals surface area contributed by atoms with E-state index in [1.807, 2.05) is 0 Å². The van der Waals surface area contributed by atoms with Crippen molar-refractivity contribution in [2.75, 3.05) is 6.54 Å². The van der Waals surface area contributed by atoms with E-state index in [1.54, 1.807) is 6.92 Å². The Balaban J connectivity index is 2.19. The number of carbonyl (C=O) groups is 2. The number of carboxylic acids is 1. The lowest BCUT2D eigenvalue weighted by Gasteiger charge is -2.25. The molecule has 6 heteroatoms. The van der Waals surface area contributed by atoms with Gasteiger partial charge < -0.3 is 10.0 Å². The number of benzene rings is 1. The molecule has 1 saturated heterocycles. The molecule has 1 amide bonds. The Morgan fingerprint density at radius 3 is 2.65 bits per heavy atom. The van der Waals surface area contributed by atoms with Gasteiger partial charge in [0.1, 0.15) is 6.04 Å². The molecule has 0 aliphatic carbocycles. The molecule has 1 fully saturated rings. The Kier molecular flexibility index (Phi) is 4.01. The van der Waals surface area contributed by atoms with E-state index in [0.717, 1.165) is 12.1 Å². The van der Waals surface area contributed by atoms with Crippen LogP contribution < -0.4 is 0 Å². The van der Waals surface area contributed by atoms with Crippen LogP contribution in [0.5, 0.6) is 0 Å². The molecule has 1 N–H and O–H groups in total. The highest BCUT2D eigenvalue weighted by atomic mass is 19.2. The molecule has 0 bridgehead atoms. The third-order valence-corrected chi connectivity index (χ3v) is 3.64. The maximum Gasteiger partial charge on any atom is 0.326 e. The van der Waals surface area contributed by atoms with E-state index < -0.39 is 29.6 Å². The van der Waals surface area contributed by atoms with Gasteiger partial charge in [0.2, 0.25) is 5.91 Å². The molecule has 1 aliphatic rings. The van der Waals surface area contributed by atoms with E-state index in [0.29, 0.717) is 24.9 Å². The Bertz CT molecular complexity index is 547. The van der Waals surface area contributed by atoms with Crippen molar-refractivity contribution in [1.29, 1.82) is 0 Å². The van der Waals surface area contributed by atoms with Gasteiger partial charge in [-0.3, -0.25) is 4.79 Å². The van der Waals surface area contributed by atoms with Crippen LogP contribution in [-0.4, -0.2) is 34.5 Å². The fraction of sp³-hybridized carbons (Fsp3) is 0.429. The van der Waals surface area contributed by atoms with Gasteiger partial charge in [0.15, 0.2) is 11.6 Å². The highest BCUT2D eigenvalue weighted by molar-refractivity contribution is 5.88. The van der Waals surface area contributed by atoms with E-state index >= 15 is 0 Å². The molecule has 0 unspecified atom stereocenters. The normalized spacial score (nSPS) is 19.9. The first-order chi connectivity index (χ1) is 9.41. The molecule has 1 aromatic rings. The summed E-state index contributed by atoms with van der Waals surface area (Å²) in [5.74, 6) is -4.10. The van der Waals surface area contributed by atoms with Crippen molar-refractivity contribution in [3.05, 3.63) is 35.4 Å². The number of carboxylic acid groups (broad SMARTS) is 1. The molecule has 4 nitrogen and oxygen atoms in total. The molecule has 2 atom stereocenters. The average Bonchev–Trinajstić information content (AvgIpc) is 2.89. The van der Waals surface area contributed by atoms with Gasteiger partial charge in [-0.05, 0) is 37.5 Å². The Morgan fingerprint density at radius 1 is 1.35 bits per heavy atom. The maximum absolute atomic E-state index is 13.2. The summed E-state index contributed by atoms with van der Waals surface area (Å²) in [6.07, 6.45) is 1.05. The first-order valence-corrected chi connectivity index (χ1v) is 6.40. The van der Waals surface area contributed by atoms with Crippen molar-refractivity contribution in [3.8, 4) is 0 Å². The van der Waals surface area contributed by atoms with Gasteiger partial charge in [0.25, 0.3) is 0 Å². The quantitative estimate of drug-likeness (QED) is 0.924. The van der Waals surface area contributed by atoms with Crippen molar-refractivity contribution < 1.29 is 23.5 Å². The zero-order valence-corrected chi connectivity index (χ0v) is 11.0. The number of aliphatic carboxylic acids is 1. The summed E-state index contributed by atoms with van der Waals surface area (Å²) in [4.78, 5) is 24.7. The van der Waals surface area contributed by atoms with Gasteiger partial charge in [-0.15, -0.1) is 0 Å². The lowest BCUT2D eigenvalue weighted by molar-refractivity contribution is -0.148. The predicted octanol–water partition coefficient (Wildman–Crippen LogP) is 2.14. The van der Waals surface area contributed by atoms with E-state index in [2.05, 4.69) is 0 Å². The summed E-state index contributed by atoms with van der Waals surface area (Å²) >= 11 is 0. The molecule has 20 heavy (non-hydrogen) atoms. The Labute approximate surface area is 115 Å². The predicted molar refractivity (Wildman–Crippen MR) is 67.1 cm³/mol. The SMILES string of the molecule is C[C@H](C(=O)N1CCC[C@@H]1C(=O)O)c1ccc(F)c(F)c1. The van der Waals surface area contributed by atoms with Crippen LogP contribution in [0.3, 0.4) is 0 Å². The van der Waals surface area contributed by atoms with Crippen LogP contribution in [-0.2, 0) is 9.59 Å². The topological polar surface area (TPSA) is 57.6 Å². The van der Waals surface area contributed by atoms with Gasteiger partial charge in [-0.2, -0.15) is 0 Å². The molecule has 0 radical (unpaired) electrons. The number of hydrogen-bond acceptors (Lipinski definition) is 2. The monoisotopic (exact) mass is 283 g/mol. The maximum atomic E-state index is 13.2. The van der Waals surface area contributed by atoms with Crippen LogP contribution in [0.1, 0.15) is 31.2 Å². The zero-order valence-electron chi connectivity index (χ0n) is 11.0. The van der Waals surface area contributed by atoms with E-state index in [1.165, 1.54) is 11.0 Å². The van der Waals surface area contributed by atoms with Crippen LogP contribution in [0.2, 0.25) is 0 Å². The first kappa shape index (κ1) is 14.4. The molecule has 1 aromatic carbocycles. The van der Waals surface area contributed by atoms with Crippen molar-refractivity contribution >= 4 is 11.9 Å². The van der Waals surface area contributed by atoms with Crippen LogP contribution in [0, 0.1) is 11.6 Å². The minimum atomic E-state index is -1.03. The number of amides is 1. The fourth-order valence-electron chi connectivity index (χ4n) is 2.46. The van der Waals surface area contributed by atoms with Gasteiger partial charge >= 0.3 is 5.97 Å². The largest absolute Gasteiger partial charge is 0.480 e. The summed E-state index contributed by atoms with van der Waals surface area (Å²) in [5, 5.41) is 9.06. The Morgan fingerprint density at radius 2 is 2.05 bits per heavy atom. The highest BCUT2D eigenvalue weighted by Gasteiger charge is 2.36. The van der Waals surface area contributed by atoms with Crippen LogP contribution in [0.4, 0.5) is 8.78 Å². The summed E-state index contributed by atoms with van der Waals surface area (Å²) < 4.78 is 26.1. The van der Waals surface area contributed by atoms with Gasteiger partial charge in [0.05, 0.1) is 5.92 Å². The standard InChI is InChI=1S/C14H15F2NO3/c1-8(9-4-5-10(15)11(16)7-9)13(18)17-6-2-3-12(17)14(19)20/h4-5,7-8,12H,2-3,6H2,1H3,(H,19,20)/t8-,12+/m0/s1. The summed E-state index contributed by atoms with van der Waals surface area (Å²) in [6.45, 7) is 1.94. The minimum absolute atomic E-state index is 0.338. The van der Waals surface area contributed by atoms with Crippen LogP contribution in [0.25, 0.3) is 0 Å². The molecular formula is C14H15F2NO3. The highest BCUT2D eigenvalue weighted by Crippen LogP contribution is 2.25. The van der Waals surface area contributed by atoms with Gasteiger partial charge in [0, 0.05) is 6.54 Å².